The number of aromatic nitrogens is 1. The zero-order valence-corrected chi connectivity index (χ0v) is 17.9. The maximum absolute atomic E-state index is 13.4. The van der Waals surface area contributed by atoms with Crippen molar-refractivity contribution in [3.63, 3.8) is 0 Å². The fourth-order valence-electron chi connectivity index (χ4n) is 4.31. The molecule has 2 aliphatic heterocycles. The van der Waals surface area contributed by atoms with Crippen molar-refractivity contribution in [1.29, 1.82) is 0 Å². The number of ether oxygens (including phenoxy) is 3. The Bertz CT molecular complexity index is 978. The molecule has 1 saturated heterocycles. The lowest BCUT2D eigenvalue weighted by atomic mass is 10.0. The fourth-order valence-corrected chi connectivity index (χ4v) is 4.31. The summed E-state index contributed by atoms with van der Waals surface area (Å²) in [5.41, 5.74) is 3.22. The number of benzene rings is 1. The zero-order chi connectivity index (χ0) is 21.4. The van der Waals surface area contributed by atoms with Crippen LogP contribution in [0.25, 0.3) is 0 Å². The Labute approximate surface area is 176 Å². The lowest BCUT2D eigenvalue weighted by Gasteiger charge is -2.26. The molecule has 1 amide bonds. The first-order valence-corrected chi connectivity index (χ1v) is 10.5. The van der Waals surface area contributed by atoms with Crippen molar-refractivity contribution in [3.05, 3.63) is 46.3 Å². The number of hydrogen-bond donors (Lipinski definition) is 1. The normalized spacial score (nSPS) is 18.0. The van der Waals surface area contributed by atoms with Crippen LogP contribution in [-0.4, -0.2) is 47.6 Å². The standard InChI is InChI=1S/C23H28N2O5/c1-13(2)30-23(27)20-14(3)21(24-15(20)4)22(26)25-9-5-6-17(25)16-7-8-18-19(12-16)29-11-10-28-18/h7-8,12-13,17,24H,5-6,9-11H2,1-4H3/t17-/m1/s1. The molecule has 2 aromatic rings. The van der Waals surface area contributed by atoms with Gasteiger partial charge in [0.25, 0.3) is 5.91 Å². The number of carbonyl (C=O) groups excluding carboxylic acids is 2. The van der Waals surface area contributed by atoms with Gasteiger partial charge in [-0.15, -0.1) is 0 Å². The molecule has 1 N–H and O–H groups in total. The number of H-pyrrole nitrogens is 1. The summed E-state index contributed by atoms with van der Waals surface area (Å²) in [6.45, 7) is 8.95. The van der Waals surface area contributed by atoms with Crippen LogP contribution in [0.3, 0.4) is 0 Å². The van der Waals surface area contributed by atoms with Crippen molar-refractivity contribution in [2.75, 3.05) is 19.8 Å². The second-order valence-electron chi connectivity index (χ2n) is 8.14. The smallest absolute Gasteiger partial charge is 0.340 e. The average molecular weight is 412 g/mol. The van der Waals surface area contributed by atoms with E-state index in [0.29, 0.717) is 42.3 Å². The van der Waals surface area contributed by atoms with Crippen LogP contribution in [0.15, 0.2) is 18.2 Å². The van der Waals surface area contributed by atoms with Gasteiger partial charge < -0.3 is 24.1 Å². The Balaban J connectivity index is 1.61. The van der Waals surface area contributed by atoms with Crippen LogP contribution in [0.4, 0.5) is 0 Å². The molecule has 4 rings (SSSR count). The van der Waals surface area contributed by atoms with Gasteiger partial charge in [0.1, 0.15) is 18.9 Å². The van der Waals surface area contributed by atoms with E-state index in [-0.39, 0.29) is 18.1 Å². The summed E-state index contributed by atoms with van der Waals surface area (Å²) in [7, 11) is 0. The third kappa shape index (κ3) is 3.64. The number of hydrogen-bond acceptors (Lipinski definition) is 5. The fraction of sp³-hybridized carbons (Fsp3) is 0.478. The van der Waals surface area contributed by atoms with Crippen molar-refractivity contribution in [2.45, 2.75) is 52.7 Å². The monoisotopic (exact) mass is 412 g/mol. The maximum atomic E-state index is 13.4. The number of aromatic amines is 1. The maximum Gasteiger partial charge on any atom is 0.340 e. The SMILES string of the molecule is Cc1[nH]c(C(=O)N2CCC[C@@H]2c2ccc3c(c2)OCCO3)c(C)c1C(=O)OC(C)C. The zero-order valence-electron chi connectivity index (χ0n) is 17.9. The molecule has 0 unspecified atom stereocenters. The third-order valence-electron chi connectivity index (χ3n) is 5.66. The van der Waals surface area contributed by atoms with Crippen molar-refractivity contribution in [1.82, 2.24) is 9.88 Å². The number of rotatable bonds is 4. The molecule has 1 fully saturated rings. The van der Waals surface area contributed by atoms with E-state index >= 15 is 0 Å². The summed E-state index contributed by atoms with van der Waals surface area (Å²) in [5, 5.41) is 0. The van der Waals surface area contributed by atoms with E-state index in [4.69, 9.17) is 14.2 Å². The van der Waals surface area contributed by atoms with Gasteiger partial charge in [0.15, 0.2) is 11.5 Å². The Morgan fingerprint density at radius 2 is 1.90 bits per heavy atom. The van der Waals surface area contributed by atoms with Crippen LogP contribution in [0.1, 0.15) is 70.4 Å². The highest BCUT2D eigenvalue weighted by molar-refractivity contribution is 6.00. The second kappa shape index (κ2) is 8.05. The molecular weight excluding hydrogens is 384 g/mol. The Morgan fingerprint density at radius 1 is 1.17 bits per heavy atom. The summed E-state index contributed by atoms with van der Waals surface area (Å²) < 4.78 is 16.7. The predicted molar refractivity (Wildman–Crippen MR) is 111 cm³/mol. The van der Waals surface area contributed by atoms with E-state index in [9.17, 15) is 9.59 Å². The number of likely N-dealkylation sites (tertiary alicyclic amines) is 1. The molecule has 0 spiro atoms. The first-order chi connectivity index (χ1) is 14.4. The number of amides is 1. The second-order valence-corrected chi connectivity index (χ2v) is 8.14. The number of nitrogens with zero attached hydrogens (tertiary/aromatic N) is 1. The van der Waals surface area contributed by atoms with Gasteiger partial charge in [0.2, 0.25) is 0 Å². The minimum Gasteiger partial charge on any atom is -0.486 e. The third-order valence-corrected chi connectivity index (χ3v) is 5.66. The molecule has 3 heterocycles. The van der Waals surface area contributed by atoms with Crippen LogP contribution in [0.2, 0.25) is 0 Å². The highest BCUT2D eigenvalue weighted by Gasteiger charge is 2.34. The van der Waals surface area contributed by atoms with Crippen LogP contribution < -0.4 is 9.47 Å². The van der Waals surface area contributed by atoms with Crippen molar-refractivity contribution >= 4 is 11.9 Å². The first kappa shape index (κ1) is 20.3. The molecule has 2 aliphatic rings. The van der Waals surface area contributed by atoms with Gasteiger partial charge in [-0.1, -0.05) is 6.07 Å². The van der Waals surface area contributed by atoms with E-state index in [1.54, 1.807) is 13.8 Å². The number of aryl methyl sites for hydroxylation is 1. The van der Waals surface area contributed by atoms with Gasteiger partial charge in [-0.05, 0) is 63.8 Å². The van der Waals surface area contributed by atoms with E-state index < -0.39 is 5.97 Å². The minimum absolute atomic E-state index is 0.0394. The van der Waals surface area contributed by atoms with E-state index in [1.165, 1.54) is 0 Å². The summed E-state index contributed by atoms with van der Waals surface area (Å²) in [5.74, 6) is 0.963. The molecule has 7 heteroatoms. The van der Waals surface area contributed by atoms with Crippen molar-refractivity contribution in [3.8, 4) is 11.5 Å². The Kier molecular flexibility index (Phi) is 5.45. The lowest BCUT2D eigenvalue weighted by Crippen LogP contribution is -2.31. The van der Waals surface area contributed by atoms with Crippen molar-refractivity contribution in [2.24, 2.45) is 0 Å². The quantitative estimate of drug-likeness (QED) is 0.769. The first-order valence-electron chi connectivity index (χ1n) is 10.5. The van der Waals surface area contributed by atoms with Crippen LogP contribution in [0.5, 0.6) is 11.5 Å². The topological polar surface area (TPSA) is 80.9 Å². The van der Waals surface area contributed by atoms with E-state index in [0.717, 1.165) is 29.9 Å². The molecule has 30 heavy (non-hydrogen) atoms. The molecule has 7 nitrogen and oxygen atoms in total. The Hall–Kier alpha value is -2.96. The van der Waals surface area contributed by atoms with Gasteiger partial charge in [0, 0.05) is 12.2 Å². The van der Waals surface area contributed by atoms with Crippen LogP contribution >= 0.6 is 0 Å². The molecular formula is C23H28N2O5. The van der Waals surface area contributed by atoms with Crippen LogP contribution in [0, 0.1) is 13.8 Å². The number of fused-ring (bicyclic) bond motifs is 1. The van der Waals surface area contributed by atoms with Gasteiger partial charge >= 0.3 is 5.97 Å². The lowest BCUT2D eigenvalue weighted by molar-refractivity contribution is 0.0376. The Morgan fingerprint density at radius 3 is 2.63 bits per heavy atom. The highest BCUT2D eigenvalue weighted by Crippen LogP contribution is 2.39. The van der Waals surface area contributed by atoms with E-state index in [1.807, 2.05) is 36.9 Å². The molecule has 0 radical (unpaired) electrons. The number of esters is 1. The van der Waals surface area contributed by atoms with Gasteiger partial charge in [-0.25, -0.2) is 4.79 Å². The number of nitrogens with one attached hydrogen (secondary N) is 1. The summed E-state index contributed by atoms with van der Waals surface area (Å²) in [4.78, 5) is 30.9. The van der Waals surface area contributed by atoms with Gasteiger partial charge in [-0.2, -0.15) is 0 Å². The van der Waals surface area contributed by atoms with Crippen molar-refractivity contribution < 1.29 is 23.8 Å². The molecule has 0 bridgehead atoms. The van der Waals surface area contributed by atoms with E-state index in [2.05, 4.69) is 4.98 Å². The van der Waals surface area contributed by atoms with Gasteiger partial charge in [-0.3, -0.25) is 4.79 Å². The van der Waals surface area contributed by atoms with Gasteiger partial charge in [0.05, 0.1) is 17.7 Å². The minimum atomic E-state index is -0.403. The van der Waals surface area contributed by atoms with Crippen LogP contribution in [-0.2, 0) is 4.74 Å². The summed E-state index contributed by atoms with van der Waals surface area (Å²) >= 11 is 0. The molecule has 160 valence electrons. The predicted octanol–water partition coefficient (Wildman–Crippen LogP) is 3.95. The highest BCUT2D eigenvalue weighted by atomic mass is 16.6. The molecule has 0 aliphatic carbocycles. The molecule has 1 aromatic carbocycles. The summed E-state index contributed by atoms with van der Waals surface area (Å²) in [6, 6.07) is 5.85. The summed E-state index contributed by atoms with van der Waals surface area (Å²) in [6.07, 6.45) is 1.58. The molecule has 1 atom stereocenters. The average Bonchev–Trinajstić information content (AvgIpc) is 3.31. The number of carbonyl (C=O) groups is 2. The molecule has 1 aromatic heterocycles. The largest absolute Gasteiger partial charge is 0.486 e. The molecule has 0 saturated carbocycles.